The molecule has 1 aliphatic heterocycles. The fourth-order valence-electron chi connectivity index (χ4n) is 1.25. The van der Waals surface area contributed by atoms with Gasteiger partial charge in [0.25, 0.3) is 5.90 Å². The van der Waals surface area contributed by atoms with Crippen molar-refractivity contribution in [1.82, 2.24) is 0 Å². The summed E-state index contributed by atoms with van der Waals surface area (Å²) in [7, 11) is 0. The second kappa shape index (κ2) is 4.91. The molecule has 1 atom stereocenters. The molecule has 0 radical (unpaired) electrons. The van der Waals surface area contributed by atoms with Crippen LogP contribution < -0.4 is 5.90 Å². The molecule has 2 rings (SSSR count). The largest absolute Gasteiger partial charge is 0.471 e. The third-order valence-corrected chi connectivity index (χ3v) is 4.18. The van der Waals surface area contributed by atoms with E-state index in [1.165, 1.54) is 11.3 Å². The highest BCUT2D eigenvalue weighted by molar-refractivity contribution is 7.80. The molecule has 1 aromatic rings. The molecule has 0 fully saturated rings. The van der Waals surface area contributed by atoms with E-state index in [9.17, 15) is 4.21 Å². The Morgan fingerprint density at radius 3 is 3.06 bits per heavy atom. The first kappa shape index (κ1) is 11.5. The van der Waals surface area contributed by atoms with E-state index in [0.29, 0.717) is 28.9 Å². The van der Waals surface area contributed by atoms with Crippen molar-refractivity contribution in [2.75, 3.05) is 13.2 Å². The second-order valence-corrected chi connectivity index (χ2v) is 4.94. The van der Waals surface area contributed by atoms with Crippen LogP contribution in [0.3, 0.4) is 0 Å². The van der Waals surface area contributed by atoms with E-state index in [1.807, 2.05) is 12.3 Å². The molecule has 1 aromatic heterocycles. The summed E-state index contributed by atoms with van der Waals surface area (Å²) in [6.45, 7) is 2.65. The maximum atomic E-state index is 11.6. The average molecular weight is 262 g/mol. The number of rotatable bonds is 3. The van der Waals surface area contributed by atoms with Crippen LogP contribution in [0.4, 0.5) is 0 Å². The summed E-state index contributed by atoms with van der Waals surface area (Å²) in [5.74, 6) is 5.25. The maximum Gasteiger partial charge on any atom is 0.269 e. The highest BCUT2D eigenvalue weighted by Gasteiger charge is 2.23. The van der Waals surface area contributed by atoms with Gasteiger partial charge in [0.2, 0.25) is 11.1 Å². The first-order valence-electron chi connectivity index (χ1n) is 4.44. The van der Waals surface area contributed by atoms with E-state index in [2.05, 4.69) is 9.44 Å². The average Bonchev–Trinajstić information content (AvgIpc) is 2.71. The van der Waals surface area contributed by atoms with Gasteiger partial charge in [-0.25, -0.2) is 4.21 Å². The van der Waals surface area contributed by atoms with E-state index in [1.54, 1.807) is 0 Å². The standard InChI is InChI=1S/C8H10N2O4S2/c1-5-4-15-6(7(5)16(11)14-9)8-10-13-3-2-12-8/h4H,2-3,9H2,1H3. The second-order valence-electron chi connectivity index (χ2n) is 2.99. The molecule has 1 aliphatic rings. The van der Waals surface area contributed by atoms with Crippen LogP contribution in [0.15, 0.2) is 15.4 Å². The van der Waals surface area contributed by atoms with Gasteiger partial charge in [0.05, 0.1) is 4.90 Å². The van der Waals surface area contributed by atoms with Crippen molar-refractivity contribution in [2.24, 2.45) is 11.1 Å². The lowest BCUT2D eigenvalue weighted by Gasteiger charge is -2.13. The smallest absolute Gasteiger partial charge is 0.269 e. The van der Waals surface area contributed by atoms with Gasteiger partial charge in [-0.15, -0.1) is 11.3 Å². The number of ether oxygens (including phenoxy) is 1. The van der Waals surface area contributed by atoms with Crippen molar-refractivity contribution in [1.29, 1.82) is 0 Å². The quantitative estimate of drug-likeness (QED) is 0.810. The minimum absolute atomic E-state index is 0.324. The zero-order chi connectivity index (χ0) is 11.5. The third-order valence-electron chi connectivity index (χ3n) is 1.93. The van der Waals surface area contributed by atoms with Gasteiger partial charge in [-0.05, 0) is 23.0 Å². The predicted octanol–water partition coefficient (Wildman–Crippen LogP) is 0.678. The zero-order valence-corrected chi connectivity index (χ0v) is 10.1. The van der Waals surface area contributed by atoms with Gasteiger partial charge >= 0.3 is 0 Å². The number of thiophene rings is 1. The number of aryl methyl sites for hydroxylation is 1. The van der Waals surface area contributed by atoms with Crippen LogP contribution in [-0.2, 0) is 24.9 Å². The molecule has 0 saturated heterocycles. The molecule has 0 saturated carbocycles. The Kier molecular flexibility index (Phi) is 3.54. The Hall–Kier alpha value is -0.960. The lowest BCUT2D eigenvalue weighted by atomic mass is 10.3. The van der Waals surface area contributed by atoms with Crippen molar-refractivity contribution in [3.63, 3.8) is 0 Å². The SMILES string of the molecule is Cc1csc(C2=NOCCO2)c1S(=O)ON. The van der Waals surface area contributed by atoms with E-state index < -0.39 is 11.1 Å². The summed E-state index contributed by atoms with van der Waals surface area (Å²) >= 11 is -0.350. The molecule has 6 nitrogen and oxygen atoms in total. The van der Waals surface area contributed by atoms with Gasteiger partial charge in [0.1, 0.15) is 11.5 Å². The fraction of sp³-hybridized carbons (Fsp3) is 0.375. The van der Waals surface area contributed by atoms with Crippen molar-refractivity contribution >= 4 is 28.3 Å². The highest BCUT2D eigenvalue weighted by Crippen LogP contribution is 2.27. The monoisotopic (exact) mass is 262 g/mol. The molecule has 2 heterocycles. The van der Waals surface area contributed by atoms with Crippen molar-refractivity contribution in [3.05, 3.63) is 15.8 Å². The molecule has 16 heavy (non-hydrogen) atoms. The van der Waals surface area contributed by atoms with Gasteiger partial charge in [0.15, 0.2) is 6.61 Å². The molecule has 0 bridgehead atoms. The fourth-order valence-corrected chi connectivity index (χ4v) is 3.21. The maximum absolute atomic E-state index is 11.6. The molecule has 0 aliphatic carbocycles. The third kappa shape index (κ3) is 2.09. The van der Waals surface area contributed by atoms with E-state index in [4.69, 9.17) is 15.5 Å². The zero-order valence-electron chi connectivity index (χ0n) is 8.47. The Labute approximate surface area is 98.6 Å². The molecule has 88 valence electrons. The van der Waals surface area contributed by atoms with E-state index in [0.717, 1.165) is 5.56 Å². The molecule has 0 amide bonds. The van der Waals surface area contributed by atoms with Crippen molar-refractivity contribution in [2.45, 2.75) is 11.8 Å². The Morgan fingerprint density at radius 2 is 2.44 bits per heavy atom. The number of oxime groups is 1. The van der Waals surface area contributed by atoms with Gasteiger partial charge < -0.3 is 9.57 Å². The summed E-state index contributed by atoms with van der Waals surface area (Å²) in [5, 5.41) is 5.60. The van der Waals surface area contributed by atoms with Gasteiger partial charge in [-0.2, -0.15) is 10.2 Å². The molecule has 0 aromatic carbocycles. The number of hydrogen-bond donors (Lipinski definition) is 1. The number of nitrogens with two attached hydrogens (primary N) is 1. The van der Waals surface area contributed by atoms with Crippen LogP contribution in [0.1, 0.15) is 10.4 Å². The van der Waals surface area contributed by atoms with Crippen LogP contribution in [0.25, 0.3) is 0 Å². The van der Waals surface area contributed by atoms with E-state index in [-0.39, 0.29) is 0 Å². The first-order valence-corrected chi connectivity index (χ1v) is 6.39. The topological polar surface area (TPSA) is 83.1 Å². The molecule has 1 unspecified atom stereocenters. The number of hydrogen-bond acceptors (Lipinski definition) is 7. The first-order chi connectivity index (χ1) is 7.74. The molecular formula is C8H10N2O4S2. The summed E-state index contributed by atoms with van der Waals surface area (Å²) in [6.07, 6.45) is 0. The lowest BCUT2D eigenvalue weighted by Crippen LogP contribution is -2.18. The highest BCUT2D eigenvalue weighted by atomic mass is 32.2. The van der Waals surface area contributed by atoms with Crippen molar-refractivity contribution in [3.8, 4) is 0 Å². The Morgan fingerprint density at radius 1 is 1.62 bits per heavy atom. The van der Waals surface area contributed by atoms with Gasteiger partial charge in [-0.1, -0.05) is 0 Å². The van der Waals surface area contributed by atoms with Gasteiger partial charge in [-0.3, -0.25) is 0 Å². The van der Waals surface area contributed by atoms with Crippen LogP contribution in [-0.4, -0.2) is 23.3 Å². The Bertz CT molecular complexity index is 443. The molecule has 2 N–H and O–H groups in total. The number of nitrogens with zero attached hydrogens (tertiary/aromatic N) is 1. The molecule has 0 spiro atoms. The van der Waals surface area contributed by atoms with Crippen LogP contribution in [0, 0.1) is 6.92 Å². The van der Waals surface area contributed by atoms with Crippen LogP contribution in [0.5, 0.6) is 0 Å². The Balaban J connectivity index is 2.41. The predicted molar refractivity (Wildman–Crippen MR) is 59.2 cm³/mol. The summed E-state index contributed by atoms with van der Waals surface area (Å²) < 4.78 is 21.2. The van der Waals surface area contributed by atoms with Crippen molar-refractivity contribution < 1.29 is 18.1 Å². The van der Waals surface area contributed by atoms with E-state index >= 15 is 0 Å². The van der Waals surface area contributed by atoms with Crippen LogP contribution >= 0.6 is 11.3 Å². The van der Waals surface area contributed by atoms with Crippen LogP contribution in [0.2, 0.25) is 0 Å². The lowest BCUT2D eigenvalue weighted by molar-refractivity contribution is 0.0656. The summed E-state index contributed by atoms with van der Waals surface area (Å²) in [5.41, 5.74) is 0.820. The summed E-state index contributed by atoms with van der Waals surface area (Å²) in [4.78, 5) is 6.02. The summed E-state index contributed by atoms with van der Waals surface area (Å²) in [6, 6.07) is 0. The minimum atomic E-state index is -1.71. The normalized spacial score (nSPS) is 17.2. The van der Waals surface area contributed by atoms with Gasteiger partial charge in [0, 0.05) is 0 Å². The molecular weight excluding hydrogens is 252 g/mol. The molecule has 8 heteroatoms. The minimum Gasteiger partial charge on any atom is -0.471 e.